The standard InChI is InChI=1S/C11H12F3NO2/c12-11(13,14)9-3-1-7(2-4-9)5-8(6-15)10(16)17/h1-4,8H,5-6,15H2,(H,16,17)/t8-/m1/s1. The minimum atomic E-state index is -4.38. The highest BCUT2D eigenvalue weighted by atomic mass is 19.4. The fraction of sp³-hybridized carbons (Fsp3) is 0.364. The third kappa shape index (κ3) is 3.74. The van der Waals surface area contributed by atoms with Crippen molar-refractivity contribution < 1.29 is 28.8 Å². The SMILES string of the molecule is [NH3+]C[C@@H](Cc1ccc(C(F)(F)F)cc1)C(=O)[O-]. The van der Waals surface area contributed by atoms with Crippen LogP contribution in [0.2, 0.25) is 0 Å². The molecule has 1 aromatic carbocycles. The zero-order chi connectivity index (χ0) is 13.1. The van der Waals surface area contributed by atoms with Crippen molar-refractivity contribution in [1.82, 2.24) is 0 Å². The highest BCUT2D eigenvalue weighted by Gasteiger charge is 2.29. The van der Waals surface area contributed by atoms with Gasteiger partial charge in [0.25, 0.3) is 0 Å². The molecular formula is C11H12F3NO2. The fourth-order valence-electron chi connectivity index (χ4n) is 1.42. The van der Waals surface area contributed by atoms with Gasteiger partial charge in [0, 0.05) is 0 Å². The minimum absolute atomic E-state index is 0.129. The van der Waals surface area contributed by atoms with Gasteiger partial charge in [-0.1, -0.05) is 12.1 Å². The van der Waals surface area contributed by atoms with Gasteiger partial charge < -0.3 is 15.6 Å². The normalized spacial score (nSPS) is 13.4. The molecule has 0 heterocycles. The maximum Gasteiger partial charge on any atom is 0.416 e. The van der Waals surface area contributed by atoms with Crippen LogP contribution in [0.5, 0.6) is 0 Å². The molecular weight excluding hydrogens is 235 g/mol. The Bertz CT molecular complexity index is 387. The lowest BCUT2D eigenvalue weighted by Crippen LogP contribution is -2.57. The summed E-state index contributed by atoms with van der Waals surface area (Å²) in [7, 11) is 0. The molecule has 0 aliphatic heterocycles. The zero-order valence-corrected chi connectivity index (χ0v) is 8.96. The van der Waals surface area contributed by atoms with Gasteiger partial charge in [0.15, 0.2) is 0 Å². The van der Waals surface area contributed by atoms with Crippen LogP contribution >= 0.6 is 0 Å². The van der Waals surface area contributed by atoms with Gasteiger partial charge in [-0.25, -0.2) is 0 Å². The largest absolute Gasteiger partial charge is 0.550 e. The van der Waals surface area contributed by atoms with Crippen molar-refractivity contribution in [3.05, 3.63) is 35.4 Å². The molecule has 0 fully saturated rings. The number of rotatable bonds is 4. The number of carbonyl (C=O) groups is 1. The van der Waals surface area contributed by atoms with Crippen LogP contribution < -0.4 is 10.8 Å². The van der Waals surface area contributed by atoms with Gasteiger partial charge in [-0.15, -0.1) is 0 Å². The van der Waals surface area contributed by atoms with Crippen LogP contribution in [0.15, 0.2) is 24.3 Å². The highest BCUT2D eigenvalue weighted by Crippen LogP contribution is 2.29. The van der Waals surface area contributed by atoms with Crippen LogP contribution in [0.4, 0.5) is 13.2 Å². The van der Waals surface area contributed by atoms with Gasteiger partial charge in [0.2, 0.25) is 0 Å². The minimum Gasteiger partial charge on any atom is -0.550 e. The summed E-state index contributed by atoms with van der Waals surface area (Å²) in [6.07, 6.45) is -4.25. The van der Waals surface area contributed by atoms with Gasteiger partial charge in [-0.05, 0) is 24.1 Å². The summed E-state index contributed by atoms with van der Waals surface area (Å²) in [5.74, 6) is -2.01. The number of hydrogen-bond acceptors (Lipinski definition) is 2. The molecule has 0 aliphatic rings. The number of benzene rings is 1. The van der Waals surface area contributed by atoms with Crippen molar-refractivity contribution in [3.8, 4) is 0 Å². The van der Waals surface area contributed by atoms with Crippen LogP contribution in [-0.4, -0.2) is 12.5 Å². The second-order valence-electron chi connectivity index (χ2n) is 3.70. The van der Waals surface area contributed by atoms with E-state index in [1.807, 2.05) is 0 Å². The number of hydrogen-bond donors (Lipinski definition) is 1. The summed E-state index contributed by atoms with van der Waals surface area (Å²) < 4.78 is 36.8. The maximum absolute atomic E-state index is 12.3. The molecule has 1 rings (SSSR count). The number of carboxylic acid groups (broad SMARTS) is 1. The molecule has 0 radical (unpaired) electrons. The van der Waals surface area contributed by atoms with E-state index in [0.29, 0.717) is 5.56 Å². The lowest BCUT2D eigenvalue weighted by Gasteiger charge is -2.14. The number of aliphatic carboxylic acids is 1. The van der Waals surface area contributed by atoms with E-state index in [1.54, 1.807) is 0 Å². The van der Waals surface area contributed by atoms with E-state index in [1.165, 1.54) is 12.1 Å². The van der Waals surface area contributed by atoms with Crippen molar-refractivity contribution in [2.75, 3.05) is 6.54 Å². The Labute approximate surface area is 96.0 Å². The Morgan fingerprint density at radius 1 is 1.29 bits per heavy atom. The number of carbonyl (C=O) groups excluding carboxylic acids is 1. The van der Waals surface area contributed by atoms with Crippen LogP contribution in [-0.2, 0) is 17.4 Å². The Kier molecular flexibility index (Phi) is 4.11. The topological polar surface area (TPSA) is 67.8 Å². The predicted octanol–water partition coefficient (Wildman–Crippen LogP) is -0.144. The summed E-state index contributed by atoms with van der Waals surface area (Å²) in [5.41, 5.74) is 3.23. The van der Waals surface area contributed by atoms with E-state index in [-0.39, 0.29) is 13.0 Å². The fourth-order valence-corrected chi connectivity index (χ4v) is 1.42. The number of halogens is 3. The van der Waals surface area contributed by atoms with E-state index in [9.17, 15) is 23.1 Å². The molecule has 0 aliphatic carbocycles. The molecule has 17 heavy (non-hydrogen) atoms. The zero-order valence-electron chi connectivity index (χ0n) is 8.96. The second kappa shape index (κ2) is 5.18. The lowest BCUT2D eigenvalue weighted by atomic mass is 9.99. The number of alkyl halides is 3. The Morgan fingerprint density at radius 3 is 2.18 bits per heavy atom. The quantitative estimate of drug-likeness (QED) is 0.804. The first-order valence-corrected chi connectivity index (χ1v) is 5.01. The van der Waals surface area contributed by atoms with Crippen molar-refractivity contribution in [2.24, 2.45) is 5.92 Å². The Balaban J connectivity index is 2.78. The van der Waals surface area contributed by atoms with Crippen LogP contribution in [0, 0.1) is 5.92 Å². The molecule has 1 atom stereocenters. The maximum atomic E-state index is 12.3. The molecule has 0 spiro atoms. The average molecular weight is 247 g/mol. The van der Waals surface area contributed by atoms with Gasteiger partial charge in [0.1, 0.15) is 0 Å². The van der Waals surface area contributed by atoms with E-state index in [2.05, 4.69) is 5.73 Å². The summed E-state index contributed by atoms with van der Waals surface area (Å²) in [6.45, 7) is 0.142. The second-order valence-corrected chi connectivity index (χ2v) is 3.70. The van der Waals surface area contributed by atoms with Gasteiger partial charge >= 0.3 is 6.18 Å². The van der Waals surface area contributed by atoms with Gasteiger partial charge in [-0.3, -0.25) is 0 Å². The van der Waals surface area contributed by atoms with Crippen molar-refractivity contribution in [1.29, 1.82) is 0 Å². The number of quaternary nitrogens is 1. The van der Waals surface area contributed by atoms with E-state index in [0.717, 1.165) is 12.1 Å². The summed E-state index contributed by atoms with van der Waals surface area (Å²) in [5, 5.41) is 10.6. The smallest absolute Gasteiger partial charge is 0.416 e. The molecule has 0 saturated heterocycles. The van der Waals surface area contributed by atoms with Crippen molar-refractivity contribution in [2.45, 2.75) is 12.6 Å². The molecule has 6 heteroatoms. The molecule has 3 N–H and O–H groups in total. The van der Waals surface area contributed by atoms with Crippen molar-refractivity contribution in [3.63, 3.8) is 0 Å². The Morgan fingerprint density at radius 2 is 1.82 bits per heavy atom. The third-order valence-corrected chi connectivity index (χ3v) is 2.45. The third-order valence-electron chi connectivity index (χ3n) is 2.45. The van der Waals surface area contributed by atoms with E-state index >= 15 is 0 Å². The molecule has 0 unspecified atom stereocenters. The predicted molar refractivity (Wildman–Crippen MR) is 51.4 cm³/mol. The molecule has 1 aromatic rings. The van der Waals surface area contributed by atoms with E-state index < -0.39 is 23.6 Å². The first-order valence-electron chi connectivity index (χ1n) is 5.01. The van der Waals surface area contributed by atoms with Crippen LogP contribution in [0.25, 0.3) is 0 Å². The Hall–Kier alpha value is -1.56. The lowest BCUT2D eigenvalue weighted by molar-refractivity contribution is -0.387. The molecule has 0 saturated carbocycles. The molecule has 3 nitrogen and oxygen atoms in total. The monoisotopic (exact) mass is 247 g/mol. The molecule has 0 bridgehead atoms. The van der Waals surface area contributed by atoms with Gasteiger partial charge in [-0.2, -0.15) is 13.2 Å². The van der Waals surface area contributed by atoms with Crippen LogP contribution in [0.3, 0.4) is 0 Å². The first kappa shape index (κ1) is 13.5. The summed E-state index contributed by atoms with van der Waals surface area (Å²) in [6, 6.07) is 4.42. The number of carboxylic acids is 1. The highest BCUT2D eigenvalue weighted by molar-refractivity contribution is 5.68. The summed E-state index contributed by atoms with van der Waals surface area (Å²) >= 11 is 0. The first-order chi connectivity index (χ1) is 7.84. The van der Waals surface area contributed by atoms with E-state index in [4.69, 9.17) is 0 Å². The van der Waals surface area contributed by atoms with Gasteiger partial charge in [0.05, 0.1) is 24.0 Å². The van der Waals surface area contributed by atoms with Crippen molar-refractivity contribution >= 4 is 5.97 Å². The summed E-state index contributed by atoms with van der Waals surface area (Å²) in [4.78, 5) is 10.6. The molecule has 94 valence electrons. The molecule has 0 amide bonds. The van der Waals surface area contributed by atoms with Crippen LogP contribution in [0.1, 0.15) is 11.1 Å². The molecule has 0 aromatic heterocycles. The average Bonchev–Trinajstić information content (AvgIpc) is 2.25.